The fourth-order valence-electron chi connectivity index (χ4n) is 4.16. The summed E-state index contributed by atoms with van der Waals surface area (Å²) in [6, 6.07) is 9.76. The highest BCUT2D eigenvalue weighted by atomic mass is 19.4. The monoisotopic (exact) mass is 364 g/mol. The lowest BCUT2D eigenvalue weighted by molar-refractivity contribution is -0.143. The molecule has 1 aromatic carbocycles. The average Bonchev–Trinajstić information content (AvgIpc) is 3.01. The number of alkyl halides is 3. The van der Waals surface area contributed by atoms with Crippen LogP contribution in [0.3, 0.4) is 0 Å². The molecule has 1 aromatic heterocycles. The summed E-state index contributed by atoms with van der Waals surface area (Å²) in [6.07, 6.45) is -3.07. The van der Waals surface area contributed by atoms with Crippen LogP contribution in [0.1, 0.15) is 45.0 Å². The third-order valence-corrected chi connectivity index (χ3v) is 5.57. The van der Waals surface area contributed by atoms with Gasteiger partial charge in [-0.2, -0.15) is 13.2 Å². The van der Waals surface area contributed by atoms with Crippen molar-refractivity contribution in [1.29, 1.82) is 0 Å². The predicted molar refractivity (Wildman–Crippen MR) is 93.6 cm³/mol. The van der Waals surface area contributed by atoms with E-state index in [-0.39, 0.29) is 5.54 Å². The Kier molecular flexibility index (Phi) is 3.71. The number of fused-ring (bicyclic) bond motifs is 4. The maximum absolute atomic E-state index is 13.6. The molecule has 0 aliphatic carbocycles. The first-order valence-corrected chi connectivity index (χ1v) is 8.95. The minimum Gasteiger partial charge on any atom is -0.479 e. The minimum atomic E-state index is -4.41. The first-order valence-electron chi connectivity index (χ1n) is 8.95. The maximum atomic E-state index is 13.6. The number of ether oxygens (including phenoxy) is 1. The molecule has 3 nitrogen and oxygen atoms in total. The topological polar surface area (TPSA) is 17.4 Å². The van der Waals surface area contributed by atoms with E-state index in [2.05, 4.69) is 25.7 Å². The first-order chi connectivity index (χ1) is 12.1. The zero-order chi connectivity index (χ0) is 18.7. The third kappa shape index (κ3) is 2.62. The van der Waals surface area contributed by atoms with E-state index in [0.29, 0.717) is 30.0 Å². The Balaban J connectivity index is 1.81. The summed E-state index contributed by atoms with van der Waals surface area (Å²) < 4.78 is 48.5. The van der Waals surface area contributed by atoms with Gasteiger partial charge in [-0.25, -0.2) is 0 Å². The van der Waals surface area contributed by atoms with E-state index in [9.17, 15) is 13.2 Å². The molecular formula is C20H23F3N2O. The molecule has 2 aromatic rings. The molecule has 6 heteroatoms. The van der Waals surface area contributed by atoms with Gasteiger partial charge in [-0.1, -0.05) is 12.1 Å². The van der Waals surface area contributed by atoms with Gasteiger partial charge in [0.1, 0.15) is 11.4 Å². The summed E-state index contributed by atoms with van der Waals surface area (Å²) in [7, 11) is 0. The fraction of sp³-hybridized carbons (Fsp3) is 0.500. The Morgan fingerprint density at radius 2 is 1.62 bits per heavy atom. The van der Waals surface area contributed by atoms with Crippen LogP contribution in [-0.2, 0) is 11.8 Å². The van der Waals surface area contributed by atoms with Crippen LogP contribution in [0.15, 0.2) is 36.4 Å². The molecule has 140 valence electrons. The number of benzene rings is 1. The largest absolute Gasteiger partial charge is 0.479 e. The van der Waals surface area contributed by atoms with Crippen LogP contribution < -0.4 is 4.74 Å². The normalized spacial score (nSPS) is 19.8. The van der Waals surface area contributed by atoms with Crippen molar-refractivity contribution in [3.63, 3.8) is 0 Å². The lowest BCUT2D eigenvalue weighted by Gasteiger charge is -2.48. The predicted octanol–water partition coefficient (Wildman–Crippen LogP) is 4.98. The molecule has 26 heavy (non-hydrogen) atoms. The Labute approximate surface area is 151 Å². The summed E-state index contributed by atoms with van der Waals surface area (Å²) >= 11 is 0. The number of halogens is 3. The summed E-state index contributed by atoms with van der Waals surface area (Å²) in [6.45, 7) is 8.06. The number of hydrogen-bond acceptors (Lipinski definition) is 2. The van der Waals surface area contributed by atoms with E-state index >= 15 is 0 Å². The van der Waals surface area contributed by atoms with Crippen LogP contribution in [0.5, 0.6) is 5.75 Å². The second-order valence-corrected chi connectivity index (χ2v) is 8.16. The molecule has 1 fully saturated rings. The lowest BCUT2D eigenvalue weighted by Crippen LogP contribution is -2.53. The fourth-order valence-corrected chi connectivity index (χ4v) is 4.16. The molecule has 2 aliphatic rings. The molecule has 4 rings (SSSR count). The summed E-state index contributed by atoms with van der Waals surface area (Å²) in [5.74, 6) is 0.519. The Morgan fingerprint density at radius 3 is 2.23 bits per heavy atom. The standard InChI is InChI=1S/C20H23F3N2O/c1-18(2,3)24-12-10-19(11-13-24)16-8-9-17(20(21,22)23)25(16)14-6-4-5-7-15(14)26-19/h4-9H,10-13H2,1-3H3. The van der Waals surface area contributed by atoms with Crippen molar-refractivity contribution in [1.82, 2.24) is 9.47 Å². The van der Waals surface area contributed by atoms with E-state index in [1.165, 1.54) is 10.6 Å². The second kappa shape index (κ2) is 5.52. The van der Waals surface area contributed by atoms with Gasteiger partial charge in [0.2, 0.25) is 0 Å². The van der Waals surface area contributed by atoms with E-state index in [4.69, 9.17) is 4.74 Å². The number of likely N-dealkylation sites (tertiary alicyclic amines) is 1. The SMILES string of the molecule is CC(C)(C)N1CCC2(CC1)Oc1ccccc1-n1c(C(F)(F)F)ccc12. The van der Waals surface area contributed by atoms with Crippen LogP contribution in [-0.4, -0.2) is 28.1 Å². The van der Waals surface area contributed by atoms with Crippen molar-refractivity contribution in [3.05, 3.63) is 47.8 Å². The number of piperidine rings is 1. The van der Waals surface area contributed by atoms with Crippen molar-refractivity contribution in [3.8, 4) is 11.4 Å². The molecule has 0 atom stereocenters. The van der Waals surface area contributed by atoms with Gasteiger partial charge >= 0.3 is 6.18 Å². The van der Waals surface area contributed by atoms with Crippen molar-refractivity contribution >= 4 is 0 Å². The number of nitrogens with zero attached hydrogens (tertiary/aromatic N) is 2. The van der Waals surface area contributed by atoms with E-state index < -0.39 is 17.5 Å². The van der Waals surface area contributed by atoms with Crippen LogP contribution in [0.2, 0.25) is 0 Å². The molecule has 1 saturated heterocycles. The zero-order valence-electron chi connectivity index (χ0n) is 15.2. The Bertz CT molecular complexity index is 824. The highest BCUT2D eigenvalue weighted by molar-refractivity contribution is 5.54. The number of hydrogen-bond donors (Lipinski definition) is 0. The first kappa shape index (κ1) is 17.5. The van der Waals surface area contributed by atoms with E-state index in [1.807, 2.05) is 0 Å². The molecule has 0 saturated carbocycles. The van der Waals surface area contributed by atoms with Gasteiger partial charge in [-0.15, -0.1) is 0 Å². The third-order valence-electron chi connectivity index (χ3n) is 5.57. The molecule has 0 unspecified atom stereocenters. The summed E-state index contributed by atoms with van der Waals surface area (Å²) in [4.78, 5) is 2.36. The van der Waals surface area contributed by atoms with E-state index in [0.717, 1.165) is 13.1 Å². The second-order valence-electron chi connectivity index (χ2n) is 8.16. The van der Waals surface area contributed by atoms with Crippen molar-refractivity contribution in [2.45, 2.75) is 50.9 Å². The average molecular weight is 364 g/mol. The van der Waals surface area contributed by atoms with Crippen LogP contribution in [0, 0.1) is 0 Å². The van der Waals surface area contributed by atoms with Gasteiger partial charge in [-0.3, -0.25) is 4.90 Å². The zero-order valence-corrected chi connectivity index (χ0v) is 15.2. The summed E-state index contributed by atoms with van der Waals surface area (Å²) in [5.41, 5.74) is -0.242. The number of para-hydroxylation sites is 2. The van der Waals surface area contributed by atoms with Gasteiger partial charge in [0, 0.05) is 31.5 Å². The molecule has 0 radical (unpaired) electrons. The molecule has 0 amide bonds. The van der Waals surface area contributed by atoms with Crippen LogP contribution in [0.25, 0.3) is 5.69 Å². The van der Waals surface area contributed by atoms with Gasteiger partial charge in [0.15, 0.2) is 5.60 Å². The minimum absolute atomic E-state index is 0.0350. The molecule has 0 N–H and O–H groups in total. The van der Waals surface area contributed by atoms with Gasteiger partial charge < -0.3 is 9.30 Å². The molecular weight excluding hydrogens is 341 g/mol. The van der Waals surface area contributed by atoms with Crippen LogP contribution in [0.4, 0.5) is 13.2 Å². The lowest BCUT2D eigenvalue weighted by atomic mass is 9.84. The van der Waals surface area contributed by atoms with Gasteiger partial charge in [-0.05, 0) is 45.0 Å². The highest BCUT2D eigenvalue weighted by Crippen LogP contribution is 2.48. The smallest absolute Gasteiger partial charge is 0.431 e. The summed E-state index contributed by atoms with van der Waals surface area (Å²) in [5, 5.41) is 0. The van der Waals surface area contributed by atoms with Gasteiger partial charge in [0.25, 0.3) is 0 Å². The van der Waals surface area contributed by atoms with Gasteiger partial charge in [0.05, 0.1) is 11.4 Å². The molecule has 1 spiro atoms. The number of rotatable bonds is 0. The molecule has 3 heterocycles. The quantitative estimate of drug-likeness (QED) is 0.656. The van der Waals surface area contributed by atoms with Crippen LogP contribution >= 0.6 is 0 Å². The number of aromatic nitrogens is 1. The van der Waals surface area contributed by atoms with Crippen molar-refractivity contribution in [2.75, 3.05) is 13.1 Å². The van der Waals surface area contributed by atoms with E-state index in [1.54, 1.807) is 30.3 Å². The Morgan fingerprint density at radius 1 is 0.962 bits per heavy atom. The maximum Gasteiger partial charge on any atom is 0.431 e. The molecule has 0 bridgehead atoms. The van der Waals surface area contributed by atoms with Crippen molar-refractivity contribution < 1.29 is 17.9 Å². The highest BCUT2D eigenvalue weighted by Gasteiger charge is 2.48. The molecule has 2 aliphatic heterocycles. The van der Waals surface area contributed by atoms with Crippen molar-refractivity contribution in [2.24, 2.45) is 0 Å². The Hall–Kier alpha value is -1.95.